The second kappa shape index (κ2) is 8.96. The molecule has 0 aliphatic carbocycles. The molecule has 0 atom stereocenters. The van der Waals surface area contributed by atoms with Gasteiger partial charge >= 0.3 is 0 Å². The number of ether oxygens (including phenoxy) is 1. The van der Waals surface area contributed by atoms with Crippen molar-refractivity contribution in [3.05, 3.63) is 54.1 Å². The predicted molar refractivity (Wildman–Crippen MR) is 107 cm³/mol. The first kappa shape index (κ1) is 19.4. The first-order chi connectivity index (χ1) is 12.4. The van der Waals surface area contributed by atoms with E-state index in [2.05, 4.69) is 10.6 Å². The van der Waals surface area contributed by atoms with Crippen LogP contribution in [0.2, 0.25) is 0 Å². The number of rotatable bonds is 5. The van der Waals surface area contributed by atoms with Crippen molar-refractivity contribution in [2.45, 2.75) is 13.8 Å². The highest BCUT2D eigenvalue weighted by Gasteiger charge is 2.13. The summed E-state index contributed by atoms with van der Waals surface area (Å²) in [4.78, 5) is 25.3. The third-order valence-electron chi connectivity index (χ3n) is 3.64. The Labute approximate surface area is 158 Å². The maximum atomic E-state index is 12.4. The molecule has 136 valence electrons. The third-order valence-corrected chi connectivity index (χ3v) is 3.85. The van der Waals surface area contributed by atoms with Crippen LogP contribution in [0.3, 0.4) is 0 Å². The van der Waals surface area contributed by atoms with E-state index in [4.69, 9.17) is 17.0 Å². The van der Waals surface area contributed by atoms with Crippen molar-refractivity contribution in [1.29, 1.82) is 0 Å². The summed E-state index contributed by atoms with van der Waals surface area (Å²) in [5, 5.41) is 5.76. The monoisotopic (exact) mass is 371 g/mol. The molecule has 2 aromatic rings. The maximum absolute atomic E-state index is 12.4. The molecule has 0 saturated carbocycles. The topological polar surface area (TPSA) is 70.7 Å². The van der Waals surface area contributed by atoms with Gasteiger partial charge in [-0.2, -0.15) is 0 Å². The minimum Gasteiger partial charge on any atom is -0.493 e. The van der Waals surface area contributed by atoms with E-state index in [-0.39, 0.29) is 16.9 Å². The molecule has 7 heteroatoms. The summed E-state index contributed by atoms with van der Waals surface area (Å²) in [6.45, 7) is 3.82. The number of hydrogen-bond donors (Lipinski definition) is 2. The van der Waals surface area contributed by atoms with E-state index in [1.165, 1.54) is 11.8 Å². The van der Waals surface area contributed by atoms with E-state index >= 15 is 0 Å². The summed E-state index contributed by atoms with van der Waals surface area (Å²) in [5.41, 5.74) is 1.88. The van der Waals surface area contributed by atoms with E-state index < -0.39 is 0 Å². The Hall–Kier alpha value is -2.93. The number of nitrogens with one attached hydrogen (secondary N) is 2. The van der Waals surface area contributed by atoms with Crippen molar-refractivity contribution in [1.82, 2.24) is 5.32 Å². The molecule has 0 unspecified atom stereocenters. The molecule has 0 heterocycles. The Morgan fingerprint density at radius 3 is 2.38 bits per heavy atom. The number of carbonyl (C=O) groups excluding carboxylic acids is 2. The summed E-state index contributed by atoms with van der Waals surface area (Å²) in [7, 11) is 1.70. The van der Waals surface area contributed by atoms with Gasteiger partial charge in [-0.3, -0.25) is 14.9 Å². The molecular weight excluding hydrogens is 350 g/mol. The van der Waals surface area contributed by atoms with Crippen LogP contribution in [-0.2, 0) is 4.79 Å². The lowest BCUT2D eigenvalue weighted by atomic mass is 10.2. The van der Waals surface area contributed by atoms with Gasteiger partial charge in [-0.25, -0.2) is 0 Å². The van der Waals surface area contributed by atoms with Crippen molar-refractivity contribution >= 4 is 40.5 Å². The van der Waals surface area contributed by atoms with Gasteiger partial charge < -0.3 is 15.0 Å². The van der Waals surface area contributed by atoms with Crippen molar-refractivity contribution in [2.24, 2.45) is 0 Å². The van der Waals surface area contributed by atoms with Crippen molar-refractivity contribution < 1.29 is 14.3 Å². The normalized spacial score (nSPS) is 9.96. The molecule has 0 aromatic heterocycles. The van der Waals surface area contributed by atoms with Crippen LogP contribution in [-0.4, -0.2) is 30.6 Å². The maximum Gasteiger partial charge on any atom is 0.261 e. The quantitative estimate of drug-likeness (QED) is 0.790. The fraction of sp³-hybridized carbons (Fsp3) is 0.211. The van der Waals surface area contributed by atoms with E-state index in [0.29, 0.717) is 23.6 Å². The fourth-order valence-corrected chi connectivity index (χ4v) is 2.43. The standard InChI is InChI=1S/C19H21N3O3S/c1-4-25-17-8-6-5-7-16(17)18(24)21-19(26)20-14-9-11-15(12-10-14)22(3)13(2)23/h5-12H,4H2,1-3H3,(H2,20,21,24,26). The number of benzene rings is 2. The van der Waals surface area contributed by atoms with Crippen molar-refractivity contribution in [2.75, 3.05) is 23.9 Å². The smallest absolute Gasteiger partial charge is 0.261 e. The molecule has 0 aliphatic rings. The van der Waals surface area contributed by atoms with Crippen LogP contribution in [0.15, 0.2) is 48.5 Å². The van der Waals surface area contributed by atoms with E-state index in [0.717, 1.165) is 5.69 Å². The van der Waals surface area contributed by atoms with Crippen molar-refractivity contribution in [3.63, 3.8) is 0 Å². The van der Waals surface area contributed by atoms with Gasteiger partial charge in [0, 0.05) is 25.3 Å². The Bertz CT molecular complexity index is 806. The van der Waals surface area contributed by atoms with Gasteiger partial charge in [0.2, 0.25) is 5.91 Å². The molecular formula is C19H21N3O3S. The second-order valence-electron chi connectivity index (χ2n) is 5.46. The van der Waals surface area contributed by atoms with Gasteiger partial charge in [0.25, 0.3) is 5.91 Å². The first-order valence-corrected chi connectivity index (χ1v) is 8.51. The van der Waals surface area contributed by atoms with Crippen LogP contribution < -0.4 is 20.3 Å². The Morgan fingerprint density at radius 2 is 1.77 bits per heavy atom. The molecule has 2 N–H and O–H groups in total. The zero-order valence-corrected chi connectivity index (χ0v) is 15.7. The predicted octanol–water partition coefficient (Wildman–Crippen LogP) is 3.19. The number of hydrogen-bond acceptors (Lipinski definition) is 4. The number of anilines is 2. The van der Waals surface area contributed by atoms with Gasteiger partial charge in [-0.1, -0.05) is 12.1 Å². The Balaban J connectivity index is 2.00. The molecule has 2 aromatic carbocycles. The molecule has 0 bridgehead atoms. The zero-order valence-electron chi connectivity index (χ0n) is 14.9. The van der Waals surface area contributed by atoms with Crippen LogP contribution in [0.5, 0.6) is 5.75 Å². The van der Waals surface area contributed by atoms with E-state index in [9.17, 15) is 9.59 Å². The molecule has 6 nitrogen and oxygen atoms in total. The molecule has 2 rings (SSSR count). The minimum absolute atomic E-state index is 0.0542. The number of thiocarbonyl (C=S) groups is 1. The third kappa shape index (κ3) is 5.03. The molecule has 0 radical (unpaired) electrons. The average molecular weight is 371 g/mol. The van der Waals surface area contributed by atoms with Gasteiger partial charge in [0.05, 0.1) is 12.2 Å². The number of para-hydroxylation sites is 1. The molecule has 0 spiro atoms. The lowest BCUT2D eigenvalue weighted by molar-refractivity contribution is -0.116. The molecule has 2 amide bonds. The summed E-state index contributed by atoms with van der Waals surface area (Å²) in [6.07, 6.45) is 0. The van der Waals surface area contributed by atoms with Crippen LogP contribution in [0.1, 0.15) is 24.2 Å². The molecule has 0 aliphatic heterocycles. The largest absolute Gasteiger partial charge is 0.493 e. The van der Waals surface area contributed by atoms with Crippen LogP contribution >= 0.6 is 12.2 Å². The molecule has 26 heavy (non-hydrogen) atoms. The summed E-state index contributed by atoms with van der Waals surface area (Å²) >= 11 is 5.20. The van der Waals surface area contributed by atoms with Gasteiger partial charge in [0.1, 0.15) is 5.75 Å². The van der Waals surface area contributed by atoms with Crippen molar-refractivity contribution in [3.8, 4) is 5.75 Å². The highest BCUT2D eigenvalue weighted by molar-refractivity contribution is 7.80. The lowest BCUT2D eigenvalue weighted by Crippen LogP contribution is -2.34. The van der Waals surface area contributed by atoms with Crippen LogP contribution in [0.25, 0.3) is 0 Å². The highest BCUT2D eigenvalue weighted by atomic mass is 32.1. The molecule has 0 fully saturated rings. The van der Waals surface area contributed by atoms with Gasteiger partial charge in [-0.05, 0) is 55.5 Å². The average Bonchev–Trinajstić information content (AvgIpc) is 2.62. The second-order valence-corrected chi connectivity index (χ2v) is 5.87. The number of nitrogens with zero attached hydrogens (tertiary/aromatic N) is 1. The minimum atomic E-state index is -0.348. The van der Waals surface area contributed by atoms with Gasteiger partial charge in [-0.15, -0.1) is 0 Å². The van der Waals surface area contributed by atoms with Gasteiger partial charge in [0.15, 0.2) is 5.11 Å². The first-order valence-electron chi connectivity index (χ1n) is 8.11. The summed E-state index contributed by atoms with van der Waals surface area (Å²) < 4.78 is 5.46. The Morgan fingerprint density at radius 1 is 1.12 bits per heavy atom. The summed E-state index contributed by atoms with van der Waals surface area (Å²) in [6, 6.07) is 14.1. The van der Waals surface area contributed by atoms with Crippen LogP contribution in [0.4, 0.5) is 11.4 Å². The zero-order chi connectivity index (χ0) is 19.1. The SMILES string of the molecule is CCOc1ccccc1C(=O)NC(=S)Nc1ccc(N(C)C(C)=O)cc1. The fourth-order valence-electron chi connectivity index (χ4n) is 2.22. The number of amides is 2. The lowest BCUT2D eigenvalue weighted by Gasteiger charge is -2.16. The summed E-state index contributed by atoms with van der Waals surface area (Å²) in [5.74, 6) is 0.105. The van der Waals surface area contributed by atoms with E-state index in [1.807, 2.05) is 6.92 Å². The van der Waals surface area contributed by atoms with Crippen LogP contribution in [0, 0.1) is 0 Å². The Kier molecular flexibility index (Phi) is 6.68. The molecule has 0 saturated heterocycles. The van der Waals surface area contributed by atoms with E-state index in [1.54, 1.807) is 55.6 Å². The highest BCUT2D eigenvalue weighted by Crippen LogP contribution is 2.19. The number of carbonyl (C=O) groups is 2.